The van der Waals surface area contributed by atoms with Crippen molar-refractivity contribution in [2.75, 3.05) is 6.61 Å². The van der Waals surface area contributed by atoms with Gasteiger partial charge in [-0.05, 0) is 37.0 Å². The van der Waals surface area contributed by atoms with Gasteiger partial charge in [0.15, 0.2) is 6.61 Å². The fourth-order valence-electron chi connectivity index (χ4n) is 2.49. The second-order valence-corrected chi connectivity index (χ2v) is 5.39. The van der Waals surface area contributed by atoms with Crippen molar-refractivity contribution in [2.45, 2.75) is 31.8 Å². The number of hydrogen-bond donors (Lipinski definition) is 3. The predicted octanol–water partition coefficient (Wildman–Crippen LogP) is 0.294. The van der Waals surface area contributed by atoms with Crippen LogP contribution in [0.3, 0.4) is 0 Å². The van der Waals surface area contributed by atoms with Gasteiger partial charge < -0.3 is 21.5 Å². The molecule has 1 aliphatic carbocycles. The third-order valence-electron chi connectivity index (χ3n) is 3.59. The van der Waals surface area contributed by atoms with Crippen LogP contribution in [0.4, 0.5) is 0 Å². The number of carbonyl (C=O) groups is 2. The predicted molar refractivity (Wildman–Crippen MR) is 78.3 cm³/mol. The van der Waals surface area contributed by atoms with Crippen LogP contribution in [0.5, 0.6) is 5.75 Å². The van der Waals surface area contributed by atoms with E-state index in [0.29, 0.717) is 12.3 Å². The van der Waals surface area contributed by atoms with Gasteiger partial charge in [0.25, 0.3) is 5.91 Å². The Morgan fingerprint density at radius 1 is 1.33 bits per heavy atom. The third-order valence-corrected chi connectivity index (χ3v) is 3.59. The maximum Gasteiger partial charge on any atom is 0.255 e. The first-order valence-corrected chi connectivity index (χ1v) is 7.08. The van der Waals surface area contributed by atoms with Crippen molar-refractivity contribution < 1.29 is 14.3 Å². The highest BCUT2D eigenvalue weighted by Gasteiger charge is 2.27. The molecule has 0 saturated heterocycles. The molecular formula is C15H21N3O3. The molecular weight excluding hydrogens is 270 g/mol. The van der Waals surface area contributed by atoms with E-state index in [1.54, 1.807) is 12.1 Å². The van der Waals surface area contributed by atoms with E-state index in [1.807, 2.05) is 12.1 Å². The average Bonchev–Trinajstić information content (AvgIpc) is 2.90. The van der Waals surface area contributed by atoms with Crippen LogP contribution in [0.2, 0.25) is 0 Å². The Balaban J connectivity index is 1.83. The molecule has 0 aliphatic heterocycles. The summed E-state index contributed by atoms with van der Waals surface area (Å²) in [6.45, 7) is 0.272. The lowest BCUT2D eigenvalue weighted by Crippen LogP contribution is -2.30. The summed E-state index contributed by atoms with van der Waals surface area (Å²) in [6.07, 6.45) is 2.52. The van der Waals surface area contributed by atoms with Crippen molar-refractivity contribution in [2.24, 2.45) is 17.4 Å². The molecule has 1 fully saturated rings. The molecule has 1 aliphatic rings. The van der Waals surface area contributed by atoms with Crippen LogP contribution in [0.15, 0.2) is 24.3 Å². The van der Waals surface area contributed by atoms with E-state index in [-0.39, 0.29) is 24.5 Å². The highest BCUT2D eigenvalue weighted by molar-refractivity contribution is 5.79. The summed E-state index contributed by atoms with van der Waals surface area (Å²) >= 11 is 0. The van der Waals surface area contributed by atoms with Crippen molar-refractivity contribution in [3.05, 3.63) is 29.8 Å². The quantitative estimate of drug-likeness (QED) is 0.700. The van der Waals surface area contributed by atoms with Crippen LogP contribution < -0.4 is 21.5 Å². The molecule has 1 aromatic carbocycles. The van der Waals surface area contributed by atoms with E-state index in [1.165, 1.54) is 0 Å². The van der Waals surface area contributed by atoms with Crippen LogP contribution in [0.25, 0.3) is 0 Å². The Kier molecular flexibility index (Phi) is 5.16. The summed E-state index contributed by atoms with van der Waals surface area (Å²) in [4.78, 5) is 22.7. The molecule has 2 atom stereocenters. The molecule has 5 N–H and O–H groups in total. The summed E-state index contributed by atoms with van der Waals surface area (Å²) < 4.78 is 5.22. The smallest absolute Gasteiger partial charge is 0.255 e. The molecule has 0 spiro atoms. The molecule has 0 bridgehead atoms. The Labute approximate surface area is 123 Å². The van der Waals surface area contributed by atoms with Gasteiger partial charge in [-0.15, -0.1) is 0 Å². The highest BCUT2D eigenvalue weighted by atomic mass is 16.5. The number of carbonyl (C=O) groups excluding carboxylic acids is 2. The third kappa shape index (κ3) is 4.75. The molecule has 6 heteroatoms. The number of amides is 2. The van der Waals surface area contributed by atoms with Gasteiger partial charge in [0, 0.05) is 18.5 Å². The van der Waals surface area contributed by atoms with E-state index in [9.17, 15) is 9.59 Å². The normalized spacial score (nSPS) is 21.0. The van der Waals surface area contributed by atoms with E-state index in [0.717, 1.165) is 24.8 Å². The fourth-order valence-corrected chi connectivity index (χ4v) is 2.49. The van der Waals surface area contributed by atoms with Gasteiger partial charge in [0.2, 0.25) is 5.91 Å². The van der Waals surface area contributed by atoms with Gasteiger partial charge in [-0.1, -0.05) is 12.1 Å². The van der Waals surface area contributed by atoms with Crippen molar-refractivity contribution in [1.29, 1.82) is 0 Å². The summed E-state index contributed by atoms with van der Waals surface area (Å²) in [6, 6.07) is 7.36. The fraction of sp³-hybridized carbons (Fsp3) is 0.467. The molecule has 2 rings (SSSR count). The second-order valence-electron chi connectivity index (χ2n) is 5.39. The zero-order valence-electron chi connectivity index (χ0n) is 11.9. The lowest BCUT2D eigenvalue weighted by atomic mass is 10.1. The molecule has 1 saturated carbocycles. The minimum atomic E-state index is -0.522. The number of benzene rings is 1. The number of nitrogens with one attached hydrogen (secondary N) is 1. The standard InChI is InChI=1S/C15H21N3O3/c16-12-5-4-11(7-12)15(20)18-8-10-2-1-3-13(6-10)21-9-14(17)19/h1-3,6,11-12H,4-5,7-9,16H2,(H2,17,19)(H,18,20). The van der Waals surface area contributed by atoms with Crippen molar-refractivity contribution in [3.8, 4) is 5.75 Å². The van der Waals surface area contributed by atoms with Crippen LogP contribution in [0.1, 0.15) is 24.8 Å². The first kappa shape index (κ1) is 15.3. The lowest BCUT2D eigenvalue weighted by molar-refractivity contribution is -0.125. The Hall–Kier alpha value is -2.08. The minimum Gasteiger partial charge on any atom is -0.484 e. The van der Waals surface area contributed by atoms with Gasteiger partial charge in [0.05, 0.1) is 0 Å². The summed E-state index contributed by atoms with van der Waals surface area (Å²) in [5, 5.41) is 2.91. The first-order chi connectivity index (χ1) is 10.0. The van der Waals surface area contributed by atoms with Crippen LogP contribution in [-0.2, 0) is 16.1 Å². The van der Waals surface area contributed by atoms with Crippen LogP contribution >= 0.6 is 0 Å². The molecule has 6 nitrogen and oxygen atoms in total. The number of primary amides is 1. The maximum atomic E-state index is 12.0. The Bertz CT molecular complexity index is 519. The molecule has 21 heavy (non-hydrogen) atoms. The molecule has 2 unspecified atom stereocenters. The molecule has 114 valence electrons. The zero-order valence-corrected chi connectivity index (χ0v) is 11.9. The Morgan fingerprint density at radius 3 is 2.81 bits per heavy atom. The van der Waals surface area contributed by atoms with Gasteiger partial charge in [-0.25, -0.2) is 0 Å². The van der Waals surface area contributed by atoms with E-state index >= 15 is 0 Å². The van der Waals surface area contributed by atoms with Crippen LogP contribution in [-0.4, -0.2) is 24.5 Å². The average molecular weight is 291 g/mol. The number of ether oxygens (including phenoxy) is 1. The summed E-state index contributed by atoms with van der Waals surface area (Å²) in [5.74, 6) is 0.107. The van der Waals surface area contributed by atoms with Gasteiger partial charge >= 0.3 is 0 Å². The number of hydrogen-bond acceptors (Lipinski definition) is 4. The Morgan fingerprint density at radius 2 is 2.14 bits per heavy atom. The summed E-state index contributed by atoms with van der Waals surface area (Å²) in [5.41, 5.74) is 11.7. The second kappa shape index (κ2) is 7.08. The van der Waals surface area contributed by atoms with Gasteiger partial charge in [-0.3, -0.25) is 9.59 Å². The van der Waals surface area contributed by atoms with E-state index in [4.69, 9.17) is 16.2 Å². The number of nitrogens with two attached hydrogens (primary N) is 2. The zero-order chi connectivity index (χ0) is 15.2. The molecule has 0 heterocycles. The first-order valence-electron chi connectivity index (χ1n) is 7.08. The monoisotopic (exact) mass is 291 g/mol. The van der Waals surface area contributed by atoms with Crippen molar-refractivity contribution in [3.63, 3.8) is 0 Å². The topological polar surface area (TPSA) is 107 Å². The largest absolute Gasteiger partial charge is 0.484 e. The van der Waals surface area contributed by atoms with Crippen molar-refractivity contribution >= 4 is 11.8 Å². The molecule has 1 aromatic rings. The number of rotatable bonds is 6. The van der Waals surface area contributed by atoms with Crippen molar-refractivity contribution in [1.82, 2.24) is 5.32 Å². The highest BCUT2D eigenvalue weighted by Crippen LogP contribution is 2.24. The van der Waals surface area contributed by atoms with Gasteiger partial charge in [-0.2, -0.15) is 0 Å². The molecule has 2 amide bonds. The molecule has 0 aromatic heterocycles. The maximum absolute atomic E-state index is 12.0. The van der Waals surface area contributed by atoms with E-state index < -0.39 is 5.91 Å². The SMILES string of the molecule is NC(=O)COc1cccc(CNC(=O)C2CCC(N)C2)c1. The minimum absolute atomic E-state index is 0.0225. The van der Waals surface area contributed by atoms with Crippen LogP contribution in [0, 0.1) is 5.92 Å². The van der Waals surface area contributed by atoms with Gasteiger partial charge in [0.1, 0.15) is 5.75 Å². The lowest BCUT2D eigenvalue weighted by Gasteiger charge is -2.11. The summed E-state index contributed by atoms with van der Waals surface area (Å²) in [7, 11) is 0. The molecule has 0 radical (unpaired) electrons. The van der Waals surface area contributed by atoms with E-state index in [2.05, 4.69) is 5.32 Å².